The van der Waals surface area contributed by atoms with E-state index >= 15 is 0 Å². The third-order valence-corrected chi connectivity index (χ3v) is 6.49. The van der Waals surface area contributed by atoms with Gasteiger partial charge in [0.05, 0.1) is 6.04 Å². The molecule has 174 valence electrons. The van der Waals surface area contributed by atoms with Crippen molar-refractivity contribution in [2.24, 2.45) is 0 Å². The molecule has 1 fully saturated rings. The molecular formula is C24H29F2NO4S. The second kappa shape index (κ2) is 9.37. The quantitative estimate of drug-likeness (QED) is 0.580. The molecule has 1 unspecified atom stereocenters. The average molecular weight is 466 g/mol. The third-order valence-electron chi connectivity index (χ3n) is 5.06. The normalized spacial score (nSPS) is 21.4. The highest BCUT2D eigenvalue weighted by Crippen LogP contribution is 2.37. The van der Waals surface area contributed by atoms with Crippen molar-refractivity contribution in [3.8, 4) is 0 Å². The molecule has 1 amide bonds. The van der Waals surface area contributed by atoms with E-state index in [1.807, 2.05) is 6.07 Å². The van der Waals surface area contributed by atoms with E-state index < -0.39 is 52.4 Å². The zero-order valence-corrected chi connectivity index (χ0v) is 19.7. The predicted molar refractivity (Wildman–Crippen MR) is 119 cm³/mol. The van der Waals surface area contributed by atoms with Gasteiger partial charge in [0.25, 0.3) is 0 Å². The van der Waals surface area contributed by atoms with Crippen LogP contribution >= 0.6 is 0 Å². The van der Waals surface area contributed by atoms with Gasteiger partial charge in [-0.25, -0.2) is 13.6 Å². The Balaban J connectivity index is 1.94. The minimum Gasteiger partial charge on any atom is -0.611 e. The van der Waals surface area contributed by atoms with Crippen molar-refractivity contribution in [3.63, 3.8) is 0 Å². The molecule has 5 nitrogen and oxygen atoms in total. The first kappa shape index (κ1) is 24.5. The van der Waals surface area contributed by atoms with Crippen molar-refractivity contribution in [2.45, 2.75) is 69.4 Å². The second-order valence-electron chi connectivity index (χ2n) is 9.33. The van der Waals surface area contributed by atoms with Gasteiger partial charge < -0.3 is 14.0 Å². The number of halogens is 2. The van der Waals surface area contributed by atoms with Gasteiger partial charge >= 0.3 is 6.09 Å². The standard InChI is InChI=1S/C24H29F2NO4S/c1-23(2,3)31-22(28)27-20(13-16-11-17(25)14-18(26)12-16)21(30-24(27,4)5)15-32(29)19-9-7-6-8-10-19/h6-12,14,20-21H,13,15H2,1-5H3/t20-,21+,32?/m0/s1. The number of benzene rings is 2. The van der Waals surface area contributed by atoms with Gasteiger partial charge in [-0.3, -0.25) is 4.90 Å². The first-order valence-corrected chi connectivity index (χ1v) is 11.8. The fourth-order valence-electron chi connectivity index (χ4n) is 3.89. The lowest BCUT2D eigenvalue weighted by atomic mass is 10.0. The van der Waals surface area contributed by atoms with E-state index in [0.29, 0.717) is 10.5 Å². The lowest BCUT2D eigenvalue weighted by Gasteiger charge is -2.35. The molecular weight excluding hydrogens is 436 g/mol. The Kier molecular flexibility index (Phi) is 7.17. The van der Waals surface area contributed by atoms with Crippen LogP contribution in [0, 0.1) is 11.6 Å². The summed E-state index contributed by atoms with van der Waals surface area (Å²) in [6, 6.07) is 11.6. The topological polar surface area (TPSA) is 61.8 Å². The zero-order valence-electron chi connectivity index (χ0n) is 18.9. The van der Waals surface area contributed by atoms with Crippen LogP contribution in [-0.2, 0) is 27.1 Å². The average Bonchev–Trinajstić information content (AvgIpc) is 2.89. The molecule has 3 rings (SSSR count). The number of amides is 1. The van der Waals surface area contributed by atoms with Crippen molar-refractivity contribution >= 4 is 17.3 Å². The molecule has 3 atom stereocenters. The number of ether oxygens (including phenoxy) is 2. The van der Waals surface area contributed by atoms with E-state index in [-0.39, 0.29) is 12.2 Å². The highest BCUT2D eigenvalue weighted by molar-refractivity contribution is 7.91. The van der Waals surface area contributed by atoms with Gasteiger partial charge in [-0.1, -0.05) is 18.2 Å². The van der Waals surface area contributed by atoms with E-state index in [1.54, 1.807) is 58.9 Å². The monoisotopic (exact) mass is 465 g/mol. The van der Waals surface area contributed by atoms with E-state index in [4.69, 9.17) is 9.47 Å². The Hall–Kier alpha value is -2.16. The largest absolute Gasteiger partial charge is 0.611 e. The van der Waals surface area contributed by atoms with Crippen LogP contribution in [0.1, 0.15) is 40.2 Å². The molecule has 0 aromatic heterocycles. The molecule has 0 aliphatic carbocycles. The van der Waals surface area contributed by atoms with E-state index in [2.05, 4.69) is 0 Å². The third kappa shape index (κ3) is 5.99. The van der Waals surface area contributed by atoms with Crippen molar-refractivity contribution in [2.75, 3.05) is 5.75 Å². The number of rotatable bonds is 5. The first-order valence-electron chi connectivity index (χ1n) is 10.4. The highest BCUT2D eigenvalue weighted by Gasteiger charge is 2.52. The summed E-state index contributed by atoms with van der Waals surface area (Å²) >= 11 is -1.39. The summed E-state index contributed by atoms with van der Waals surface area (Å²) in [5, 5.41) is 0. The summed E-state index contributed by atoms with van der Waals surface area (Å²) in [7, 11) is 0. The van der Waals surface area contributed by atoms with Gasteiger partial charge in [0.1, 0.15) is 34.8 Å². The van der Waals surface area contributed by atoms with E-state index in [0.717, 1.165) is 6.07 Å². The Morgan fingerprint density at radius 3 is 2.31 bits per heavy atom. The number of nitrogens with zero attached hydrogens (tertiary/aromatic N) is 1. The number of carbonyl (C=O) groups excluding carboxylic acids is 1. The summed E-state index contributed by atoms with van der Waals surface area (Å²) in [6.07, 6.45) is -1.11. The van der Waals surface area contributed by atoms with Crippen LogP contribution in [0.5, 0.6) is 0 Å². The van der Waals surface area contributed by atoms with Crippen LogP contribution in [0.3, 0.4) is 0 Å². The SMILES string of the molecule is CC(C)(C)OC(=O)N1[C@@H](Cc2cc(F)cc(F)c2)[C@@H](C[S+]([O-])c2ccccc2)OC1(C)C. The molecule has 1 saturated heterocycles. The Morgan fingerprint density at radius 1 is 1.16 bits per heavy atom. The van der Waals surface area contributed by atoms with Crippen LogP contribution < -0.4 is 0 Å². The molecule has 0 spiro atoms. The summed E-state index contributed by atoms with van der Waals surface area (Å²) < 4.78 is 52.4. The molecule has 0 saturated carbocycles. The lowest BCUT2D eigenvalue weighted by Crippen LogP contribution is -2.51. The van der Waals surface area contributed by atoms with Crippen molar-refractivity contribution in [3.05, 3.63) is 65.7 Å². The molecule has 32 heavy (non-hydrogen) atoms. The fourth-order valence-corrected chi connectivity index (χ4v) is 5.14. The minimum absolute atomic E-state index is 0.119. The maximum Gasteiger partial charge on any atom is 0.412 e. The van der Waals surface area contributed by atoms with Gasteiger partial charge in [-0.05, 0) is 82.0 Å². The summed E-state index contributed by atoms with van der Waals surface area (Å²) in [5.41, 5.74) is -1.43. The van der Waals surface area contributed by atoms with Gasteiger partial charge in [-0.15, -0.1) is 0 Å². The maximum absolute atomic E-state index is 13.8. The summed E-state index contributed by atoms with van der Waals surface area (Å²) in [4.78, 5) is 15.2. The molecule has 1 aliphatic heterocycles. The van der Waals surface area contributed by atoms with Crippen molar-refractivity contribution < 1.29 is 27.6 Å². The minimum atomic E-state index is -1.39. The van der Waals surface area contributed by atoms with Crippen LogP contribution in [0.25, 0.3) is 0 Å². The molecule has 0 N–H and O–H groups in total. The zero-order chi connectivity index (χ0) is 23.7. The van der Waals surface area contributed by atoms with Crippen LogP contribution in [0.2, 0.25) is 0 Å². The Morgan fingerprint density at radius 2 is 1.75 bits per heavy atom. The second-order valence-corrected chi connectivity index (χ2v) is 10.8. The molecule has 0 bridgehead atoms. The molecule has 2 aromatic rings. The Bertz CT molecular complexity index is 929. The Labute approximate surface area is 190 Å². The summed E-state index contributed by atoms with van der Waals surface area (Å²) in [6.45, 7) is 8.72. The smallest absolute Gasteiger partial charge is 0.412 e. The molecule has 2 aromatic carbocycles. The fraction of sp³-hybridized carbons (Fsp3) is 0.458. The summed E-state index contributed by atoms with van der Waals surface area (Å²) in [5.74, 6) is -1.28. The van der Waals surface area contributed by atoms with Crippen LogP contribution in [-0.4, -0.2) is 44.8 Å². The van der Waals surface area contributed by atoms with Gasteiger partial charge in [0, 0.05) is 6.07 Å². The lowest BCUT2D eigenvalue weighted by molar-refractivity contribution is -0.0750. The molecule has 1 heterocycles. The van der Waals surface area contributed by atoms with Crippen LogP contribution in [0.4, 0.5) is 13.6 Å². The molecule has 0 radical (unpaired) electrons. The van der Waals surface area contributed by atoms with Gasteiger partial charge in [-0.2, -0.15) is 0 Å². The molecule has 1 aliphatic rings. The number of hydrogen-bond donors (Lipinski definition) is 0. The number of hydrogen-bond acceptors (Lipinski definition) is 4. The molecule has 8 heteroatoms. The number of carbonyl (C=O) groups is 1. The van der Waals surface area contributed by atoms with Crippen LogP contribution in [0.15, 0.2) is 53.4 Å². The maximum atomic E-state index is 13.8. The predicted octanol–water partition coefficient (Wildman–Crippen LogP) is 5.06. The van der Waals surface area contributed by atoms with Gasteiger partial charge in [0.15, 0.2) is 4.90 Å². The van der Waals surface area contributed by atoms with E-state index in [9.17, 15) is 18.1 Å². The highest BCUT2D eigenvalue weighted by atomic mass is 32.2. The van der Waals surface area contributed by atoms with Gasteiger partial charge in [0.2, 0.25) is 0 Å². The first-order chi connectivity index (χ1) is 14.9. The van der Waals surface area contributed by atoms with E-state index in [1.165, 1.54) is 17.0 Å². The van der Waals surface area contributed by atoms with Crippen molar-refractivity contribution in [1.29, 1.82) is 0 Å². The van der Waals surface area contributed by atoms with Crippen molar-refractivity contribution in [1.82, 2.24) is 4.90 Å².